The lowest BCUT2D eigenvalue weighted by atomic mass is 10.2. The molecule has 36 heavy (non-hydrogen) atoms. The van der Waals surface area contributed by atoms with Gasteiger partial charge in [-0.3, -0.25) is 14.4 Å². The van der Waals surface area contributed by atoms with Crippen molar-refractivity contribution in [3.63, 3.8) is 0 Å². The standard InChI is InChI=1S/C27H28N4O5/c1-3-15-35-22-13-11-21(12-14-22)29-26(33)27(34)31-28-17-20-8-6-9-23(16-20)36-18-25(32)30-24-10-5-4-7-19(24)2/h4-14,16-17H,3,15,18H2,1-2H3,(H,29,33)(H,30,32)(H,31,34)/b28-17-. The lowest BCUT2D eigenvalue weighted by molar-refractivity contribution is -0.136. The van der Waals surface area contributed by atoms with Gasteiger partial charge < -0.3 is 20.1 Å². The average molecular weight is 489 g/mol. The maximum Gasteiger partial charge on any atom is 0.329 e. The smallest absolute Gasteiger partial charge is 0.329 e. The number of ether oxygens (including phenoxy) is 2. The summed E-state index contributed by atoms with van der Waals surface area (Å²) >= 11 is 0. The van der Waals surface area contributed by atoms with Crippen LogP contribution in [0.5, 0.6) is 11.5 Å². The first-order valence-electron chi connectivity index (χ1n) is 11.4. The van der Waals surface area contributed by atoms with Crippen molar-refractivity contribution in [2.45, 2.75) is 20.3 Å². The van der Waals surface area contributed by atoms with E-state index in [0.717, 1.165) is 17.7 Å². The molecule has 0 aliphatic rings. The van der Waals surface area contributed by atoms with Crippen LogP contribution in [0.15, 0.2) is 77.9 Å². The molecule has 186 valence electrons. The maximum atomic E-state index is 12.2. The number of carbonyl (C=O) groups is 3. The van der Waals surface area contributed by atoms with Crippen molar-refractivity contribution in [3.05, 3.63) is 83.9 Å². The number of rotatable bonds is 10. The molecule has 0 heterocycles. The minimum absolute atomic E-state index is 0.169. The summed E-state index contributed by atoms with van der Waals surface area (Å²) in [5.74, 6) is -0.926. The van der Waals surface area contributed by atoms with Gasteiger partial charge in [0, 0.05) is 11.4 Å². The molecule has 0 aliphatic carbocycles. The van der Waals surface area contributed by atoms with Crippen LogP contribution in [0.4, 0.5) is 11.4 Å². The molecule has 3 aromatic rings. The quantitative estimate of drug-likeness (QED) is 0.227. The molecule has 0 bridgehead atoms. The van der Waals surface area contributed by atoms with Gasteiger partial charge in [0.25, 0.3) is 5.91 Å². The lowest BCUT2D eigenvalue weighted by Gasteiger charge is -2.09. The molecule has 3 aromatic carbocycles. The van der Waals surface area contributed by atoms with Crippen LogP contribution in [-0.4, -0.2) is 37.1 Å². The van der Waals surface area contributed by atoms with Gasteiger partial charge in [0.1, 0.15) is 11.5 Å². The number of hydrazone groups is 1. The second-order valence-electron chi connectivity index (χ2n) is 7.75. The van der Waals surface area contributed by atoms with E-state index in [1.165, 1.54) is 6.21 Å². The van der Waals surface area contributed by atoms with Crippen LogP contribution in [0.2, 0.25) is 0 Å². The summed E-state index contributed by atoms with van der Waals surface area (Å²) in [7, 11) is 0. The van der Waals surface area contributed by atoms with Gasteiger partial charge in [-0.1, -0.05) is 37.3 Å². The predicted molar refractivity (Wildman–Crippen MR) is 138 cm³/mol. The van der Waals surface area contributed by atoms with E-state index in [2.05, 4.69) is 21.2 Å². The van der Waals surface area contributed by atoms with Crippen LogP contribution < -0.4 is 25.5 Å². The Hall–Kier alpha value is -4.66. The first-order chi connectivity index (χ1) is 17.4. The molecule has 0 fully saturated rings. The van der Waals surface area contributed by atoms with Crippen molar-refractivity contribution >= 4 is 35.3 Å². The second-order valence-corrected chi connectivity index (χ2v) is 7.75. The molecule has 0 atom stereocenters. The largest absolute Gasteiger partial charge is 0.494 e. The molecule has 3 N–H and O–H groups in total. The Morgan fingerprint density at radius 1 is 0.861 bits per heavy atom. The summed E-state index contributed by atoms with van der Waals surface area (Å²) in [5.41, 5.74) is 4.93. The lowest BCUT2D eigenvalue weighted by Crippen LogP contribution is -2.32. The SMILES string of the molecule is CCCOc1ccc(NC(=O)C(=O)N/N=C\c2cccc(OCC(=O)Nc3ccccc3C)c2)cc1. The molecular weight excluding hydrogens is 460 g/mol. The van der Waals surface area contributed by atoms with E-state index in [-0.39, 0.29) is 12.5 Å². The van der Waals surface area contributed by atoms with Gasteiger partial charge in [0.2, 0.25) is 0 Å². The van der Waals surface area contributed by atoms with Crippen LogP contribution >= 0.6 is 0 Å². The maximum absolute atomic E-state index is 12.2. The van der Waals surface area contributed by atoms with Crippen molar-refractivity contribution in [3.8, 4) is 11.5 Å². The fourth-order valence-corrected chi connectivity index (χ4v) is 2.99. The third kappa shape index (κ3) is 8.28. The Morgan fingerprint density at radius 3 is 2.39 bits per heavy atom. The summed E-state index contributed by atoms with van der Waals surface area (Å²) in [5, 5.41) is 9.10. The number of nitrogens with zero attached hydrogens (tertiary/aromatic N) is 1. The number of para-hydroxylation sites is 1. The highest BCUT2D eigenvalue weighted by Gasteiger charge is 2.13. The summed E-state index contributed by atoms with van der Waals surface area (Å²) in [6.45, 7) is 4.35. The van der Waals surface area contributed by atoms with E-state index in [1.54, 1.807) is 48.5 Å². The third-order valence-electron chi connectivity index (χ3n) is 4.82. The number of carbonyl (C=O) groups excluding carboxylic acids is 3. The number of amides is 3. The Morgan fingerprint density at radius 2 is 1.64 bits per heavy atom. The molecule has 9 heteroatoms. The Bertz CT molecular complexity index is 1220. The first-order valence-corrected chi connectivity index (χ1v) is 11.4. The average Bonchev–Trinajstić information content (AvgIpc) is 2.88. The highest BCUT2D eigenvalue weighted by molar-refractivity contribution is 6.39. The molecule has 0 saturated heterocycles. The van der Waals surface area contributed by atoms with Crippen LogP contribution in [-0.2, 0) is 14.4 Å². The zero-order valence-electron chi connectivity index (χ0n) is 20.1. The van der Waals surface area contributed by atoms with Crippen molar-refractivity contribution in [1.82, 2.24) is 5.43 Å². The van der Waals surface area contributed by atoms with E-state index >= 15 is 0 Å². The minimum atomic E-state index is -0.919. The predicted octanol–water partition coefficient (Wildman–Crippen LogP) is 3.89. The molecule has 0 aliphatic heterocycles. The normalized spacial score (nSPS) is 10.5. The van der Waals surface area contributed by atoms with Crippen LogP contribution in [0.3, 0.4) is 0 Å². The van der Waals surface area contributed by atoms with Crippen LogP contribution in [0, 0.1) is 6.92 Å². The molecule has 0 aromatic heterocycles. The van der Waals surface area contributed by atoms with E-state index in [4.69, 9.17) is 9.47 Å². The number of hydrogen-bond donors (Lipinski definition) is 3. The molecule has 0 saturated carbocycles. The Balaban J connectivity index is 1.45. The highest BCUT2D eigenvalue weighted by Crippen LogP contribution is 2.16. The van der Waals surface area contributed by atoms with Gasteiger partial charge in [-0.15, -0.1) is 0 Å². The second kappa shape index (κ2) is 13.3. The van der Waals surface area contributed by atoms with Gasteiger partial charge in [-0.05, 0) is 66.9 Å². The fraction of sp³-hybridized carbons (Fsp3) is 0.185. The number of aryl methyl sites for hydroxylation is 1. The Kier molecular flexibility index (Phi) is 9.58. The van der Waals surface area contributed by atoms with Crippen molar-refractivity contribution in [2.75, 3.05) is 23.8 Å². The van der Waals surface area contributed by atoms with Gasteiger partial charge in [-0.2, -0.15) is 5.10 Å². The van der Waals surface area contributed by atoms with Crippen LogP contribution in [0.1, 0.15) is 24.5 Å². The molecule has 0 spiro atoms. The molecule has 0 radical (unpaired) electrons. The van der Waals surface area contributed by atoms with Gasteiger partial charge in [-0.25, -0.2) is 5.43 Å². The monoisotopic (exact) mass is 488 g/mol. The van der Waals surface area contributed by atoms with E-state index in [9.17, 15) is 14.4 Å². The van der Waals surface area contributed by atoms with Crippen molar-refractivity contribution in [2.24, 2.45) is 5.10 Å². The summed E-state index contributed by atoms with van der Waals surface area (Å²) < 4.78 is 11.0. The van der Waals surface area contributed by atoms with E-state index < -0.39 is 11.8 Å². The number of benzene rings is 3. The summed E-state index contributed by atoms with van der Waals surface area (Å²) in [6.07, 6.45) is 2.26. The highest BCUT2D eigenvalue weighted by atomic mass is 16.5. The van der Waals surface area contributed by atoms with E-state index in [1.807, 2.05) is 38.1 Å². The van der Waals surface area contributed by atoms with Crippen molar-refractivity contribution < 1.29 is 23.9 Å². The molecular formula is C27H28N4O5. The summed E-state index contributed by atoms with van der Waals surface area (Å²) in [4.78, 5) is 36.3. The first kappa shape index (κ1) is 26.0. The van der Waals surface area contributed by atoms with Gasteiger partial charge in [0.15, 0.2) is 6.61 Å². The van der Waals surface area contributed by atoms with Gasteiger partial charge >= 0.3 is 11.8 Å². The van der Waals surface area contributed by atoms with Crippen LogP contribution in [0.25, 0.3) is 0 Å². The zero-order valence-corrected chi connectivity index (χ0v) is 20.1. The van der Waals surface area contributed by atoms with E-state index in [0.29, 0.717) is 29.4 Å². The molecule has 9 nitrogen and oxygen atoms in total. The zero-order chi connectivity index (χ0) is 25.8. The molecule has 0 unspecified atom stereocenters. The Labute approximate surface area is 209 Å². The number of hydrogen-bond acceptors (Lipinski definition) is 6. The summed E-state index contributed by atoms with van der Waals surface area (Å²) in [6, 6.07) is 21.0. The third-order valence-corrected chi connectivity index (χ3v) is 4.82. The molecule has 3 amide bonds. The minimum Gasteiger partial charge on any atom is -0.494 e. The number of nitrogens with one attached hydrogen (secondary N) is 3. The topological polar surface area (TPSA) is 118 Å². The fourth-order valence-electron chi connectivity index (χ4n) is 2.99. The molecule has 3 rings (SSSR count). The van der Waals surface area contributed by atoms with Crippen molar-refractivity contribution in [1.29, 1.82) is 0 Å². The number of anilines is 2. The van der Waals surface area contributed by atoms with Gasteiger partial charge in [0.05, 0.1) is 12.8 Å².